The molecule has 2 heterocycles. The molecule has 1 unspecified atom stereocenters. The Morgan fingerprint density at radius 1 is 1.25 bits per heavy atom. The van der Waals surface area contributed by atoms with E-state index in [0.29, 0.717) is 5.56 Å². The summed E-state index contributed by atoms with van der Waals surface area (Å²) in [6, 6.07) is 16.1. The van der Waals surface area contributed by atoms with E-state index in [4.69, 9.17) is 10.00 Å². The topological polar surface area (TPSA) is 74.9 Å². The molecule has 1 aromatic heterocycles. The van der Waals surface area contributed by atoms with E-state index in [2.05, 4.69) is 33.9 Å². The third kappa shape index (κ3) is 4.16. The van der Waals surface area contributed by atoms with Crippen LogP contribution in [0.1, 0.15) is 11.1 Å². The Labute approximate surface area is 164 Å². The van der Waals surface area contributed by atoms with Crippen molar-refractivity contribution in [2.24, 2.45) is 7.05 Å². The molecule has 0 amide bonds. The minimum atomic E-state index is 0.0951. The van der Waals surface area contributed by atoms with Gasteiger partial charge in [-0.25, -0.2) is 0 Å². The smallest absolute Gasteiger partial charge is 0.143 e. The largest absolute Gasteiger partial charge is 0.485 e. The molecule has 3 aromatic rings. The summed E-state index contributed by atoms with van der Waals surface area (Å²) in [5, 5.41) is 20.0. The predicted octanol–water partition coefficient (Wildman–Crippen LogP) is 2.96. The van der Waals surface area contributed by atoms with E-state index in [1.165, 1.54) is 5.56 Å². The van der Waals surface area contributed by atoms with Gasteiger partial charge in [0.05, 0.1) is 30.1 Å². The van der Waals surface area contributed by atoms with Crippen LogP contribution in [0.15, 0.2) is 54.9 Å². The number of nitrogens with zero attached hydrogens (tertiary/aromatic N) is 3. The van der Waals surface area contributed by atoms with E-state index in [1.807, 2.05) is 49.8 Å². The monoisotopic (exact) mass is 373 g/mol. The van der Waals surface area contributed by atoms with Gasteiger partial charge in [0.2, 0.25) is 0 Å². The van der Waals surface area contributed by atoms with Crippen molar-refractivity contribution in [1.29, 1.82) is 5.26 Å². The maximum atomic E-state index is 8.84. The number of aryl methyl sites for hydroxylation is 1. The van der Waals surface area contributed by atoms with E-state index in [-0.39, 0.29) is 6.10 Å². The molecule has 142 valence electrons. The molecule has 0 saturated carbocycles. The van der Waals surface area contributed by atoms with Crippen LogP contribution < -0.4 is 15.4 Å². The standard InChI is InChI=1S/C22H23N5O/c1-27-15-19(12-26-27)18-6-7-22-21(10-18)25-14-20(28-22)13-24-9-8-16-2-4-17(11-23)5-3-16/h2-7,10,12,15,20,24-25H,8-9,13-14H2,1H3. The number of ether oxygens (including phenoxy) is 1. The molecular weight excluding hydrogens is 350 g/mol. The van der Waals surface area contributed by atoms with Crippen LogP contribution >= 0.6 is 0 Å². The second kappa shape index (κ2) is 8.15. The maximum Gasteiger partial charge on any atom is 0.143 e. The second-order valence-corrected chi connectivity index (χ2v) is 7.00. The lowest BCUT2D eigenvalue weighted by Gasteiger charge is -2.28. The molecule has 0 spiro atoms. The van der Waals surface area contributed by atoms with Crippen molar-refractivity contribution in [2.45, 2.75) is 12.5 Å². The van der Waals surface area contributed by atoms with Crippen molar-refractivity contribution in [3.8, 4) is 22.9 Å². The predicted molar refractivity (Wildman–Crippen MR) is 109 cm³/mol. The maximum absolute atomic E-state index is 8.84. The number of fused-ring (bicyclic) bond motifs is 1. The van der Waals surface area contributed by atoms with Gasteiger partial charge in [0, 0.05) is 25.4 Å². The number of benzene rings is 2. The van der Waals surface area contributed by atoms with Crippen molar-refractivity contribution < 1.29 is 4.74 Å². The van der Waals surface area contributed by atoms with Crippen LogP contribution in [0, 0.1) is 11.3 Å². The van der Waals surface area contributed by atoms with Gasteiger partial charge in [-0.05, 0) is 48.4 Å². The van der Waals surface area contributed by atoms with Crippen LogP contribution in [0.5, 0.6) is 5.75 Å². The zero-order valence-electron chi connectivity index (χ0n) is 15.9. The first-order chi connectivity index (χ1) is 13.7. The number of aromatic nitrogens is 2. The first-order valence-corrected chi connectivity index (χ1v) is 9.44. The zero-order chi connectivity index (χ0) is 19.3. The molecule has 0 saturated heterocycles. The molecule has 1 atom stereocenters. The summed E-state index contributed by atoms with van der Waals surface area (Å²) in [5.74, 6) is 0.887. The summed E-state index contributed by atoms with van der Waals surface area (Å²) >= 11 is 0. The van der Waals surface area contributed by atoms with Gasteiger partial charge in [-0.3, -0.25) is 4.68 Å². The average molecular weight is 373 g/mol. The Morgan fingerprint density at radius 3 is 2.86 bits per heavy atom. The highest BCUT2D eigenvalue weighted by Gasteiger charge is 2.19. The van der Waals surface area contributed by atoms with E-state index in [9.17, 15) is 0 Å². The molecule has 1 aliphatic heterocycles. The summed E-state index contributed by atoms with van der Waals surface area (Å²) in [6.07, 6.45) is 4.90. The second-order valence-electron chi connectivity index (χ2n) is 7.00. The molecule has 0 radical (unpaired) electrons. The number of anilines is 1. The Hall–Kier alpha value is -3.30. The Balaban J connectivity index is 1.27. The van der Waals surface area contributed by atoms with Crippen molar-refractivity contribution in [2.75, 3.05) is 25.0 Å². The molecule has 0 bridgehead atoms. The van der Waals surface area contributed by atoms with Gasteiger partial charge in [0.1, 0.15) is 11.9 Å². The summed E-state index contributed by atoms with van der Waals surface area (Å²) in [6.45, 7) is 2.43. The molecule has 0 aliphatic carbocycles. The van der Waals surface area contributed by atoms with Crippen molar-refractivity contribution in [1.82, 2.24) is 15.1 Å². The third-order valence-electron chi connectivity index (χ3n) is 4.88. The van der Waals surface area contributed by atoms with E-state index >= 15 is 0 Å². The van der Waals surface area contributed by atoms with Crippen LogP contribution in [0.4, 0.5) is 5.69 Å². The fraction of sp³-hybridized carbons (Fsp3) is 0.273. The Bertz CT molecular complexity index is 987. The molecule has 1 aliphatic rings. The highest BCUT2D eigenvalue weighted by molar-refractivity contribution is 5.71. The van der Waals surface area contributed by atoms with Crippen LogP contribution in [0.2, 0.25) is 0 Å². The number of rotatable bonds is 6. The fourth-order valence-corrected chi connectivity index (χ4v) is 3.32. The molecule has 0 fully saturated rings. The lowest BCUT2D eigenvalue weighted by Crippen LogP contribution is -2.40. The van der Waals surface area contributed by atoms with Crippen LogP contribution in [-0.4, -0.2) is 35.5 Å². The number of hydrogen-bond acceptors (Lipinski definition) is 5. The van der Waals surface area contributed by atoms with Crippen molar-refractivity contribution in [3.63, 3.8) is 0 Å². The van der Waals surface area contributed by atoms with Crippen molar-refractivity contribution in [3.05, 3.63) is 66.0 Å². The molecule has 2 aromatic carbocycles. The van der Waals surface area contributed by atoms with E-state index < -0.39 is 0 Å². The minimum Gasteiger partial charge on any atom is -0.485 e. The molecule has 28 heavy (non-hydrogen) atoms. The lowest BCUT2D eigenvalue weighted by molar-refractivity contribution is 0.202. The fourth-order valence-electron chi connectivity index (χ4n) is 3.32. The number of nitrogens with one attached hydrogen (secondary N) is 2. The van der Waals surface area contributed by atoms with Crippen LogP contribution in [-0.2, 0) is 13.5 Å². The normalized spacial score (nSPS) is 15.2. The first-order valence-electron chi connectivity index (χ1n) is 9.44. The van der Waals surface area contributed by atoms with Gasteiger partial charge < -0.3 is 15.4 Å². The van der Waals surface area contributed by atoms with Crippen LogP contribution in [0.3, 0.4) is 0 Å². The molecule has 6 nitrogen and oxygen atoms in total. The Kier molecular flexibility index (Phi) is 5.27. The van der Waals surface area contributed by atoms with Gasteiger partial charge in [-0.1, -0.05) is 18.2 Å². The van der Waals surface area contributed by atoms with Gasteiger partial charge in [0.25, 0.3) is 0 Å². The molecule has 4 rings (SSSR count). The van der Waals surface area contributed by atoms with Crippen LogP contribution in [0.25, 0.3) is 11.1 Å². The summed E-state index contributed by atoms with van der Waals surface area (Å²) in [5.41, 5.74) is 5.17. The quantitative estimate of drug-likeness (QED) is 0.650. The molecular formula is C22H23N5O. The minimum absolute atomic E-state index is 0.0951. The summed E-state index contributed by atoms with van der Waals surface area (Å²) in [7, 11) is 1.92. The SMILES string of the molecule is Cn1cc(-c2ccc3c(c2)NCC(CNCCc2ccc(C#N)cc2)O3)cn1. The Morgan fingerprint density at radius 2 is 2.11 bits per heavy atom. The summed E-state index contributed by atoms with van der Waals surface area (Å²) < 4.78 is 7.93. The van der Waals surface area contributed by atoms with E-state index in [0.717, 1.165) is 48.6 Å². The van der Waals surface area contributed by atoms with Gasteiger partial charge in [0.15, 0.2) is 0 Å². The highest BCUT2D eigenvalue weighted by atomic mass is 16.5. The lowest BCUT2D eigenvalue weighted by atomic mass is 10.1. The first kappa shape index (κ1) is 18.1. The number of nitriles is 1. The zero-order valence-corrected chi connectivity index (χ0v) is 15.9. The van der Waals surface area contributed by atoms with Gasteiger partial charge in [-0.2, -0.15) is 10.4 Å². The third-order valence-corrected chi connectivity index (χ3v) is 4.88. The van der Waals surface area contributed by atoms with Crippen molar-refractivity contribution >= 4 is 5.69 Å². The highest BCUT2D eigenvalue weighted by Crippen LogP contribution is 2.33. The molecule has 2 N–H and O–H groups in total. The summed E-state index contributed by atoms with van der Waals surface area (Å²) in [4.78, 5) is 0. The number of hydrogen-bond donors (Lipinski definition) is 2. The van der Waals surface area contributed by atoms with Gasteiger partial charge >= 0.3 is 0 Å². The van der Waals surface area contributed by atoms with E-state index in [1.54, 1.807) is 4.68 Å². The van der Waals surface area contributed by atoms with Gasteiger partial charge in [-0.15, -0.1) is 0 Å². The average Bonchev–Trinajstić information content (AvgIpc) is 3.17. The molecule has 6 heteroatoms.